The average Bonchev–Trinajstić information content (AvgIpc) is 2.93. The molecular weight excluding hydrogens is 370 g/mol. The summed E-state index contributed by atoms with van der Waals surface area (Å²) in [5.41, 5.74) is 1.14. The van der Waals surface area contributed by atoms with Crippen LogP contribution in [0.5, 0.6) is 0 Å². The predicted octanol–water partition coefficient (Wildman–Crippen LogP) is 1.03. The van der Waals surface area contributed by atoms with Crippen LogP contribution >= 0.6 is 0 Å². The largest absolute Gasteiger partial charge is 0.342 e. The molecule has 0 spiro atoms. The fraction of sp³-hybridized carbons (Fsp3) is 0.500. The molecule has 1 atom stereocenters. The number of rotatable bonds is 6. The minimum absolute atomic E-state index is 0.00950. The van der Waals surface area contributed by atoms with E-state index in [0.29, 0.717) is 17.8 Å². The summed E-state index contributed by atoms with van der Waals surface area (Å²) >= 11 is 0. The van der Waals surface area contributed by atoms with E-state index in [-0.39, 0.29) is 48.2 Å². The normalized spacial score (nSPS) is 18.0. The maximum Gasteiger partial charge on any atom is 0.224 e. The minimum atomic E-state index is -3.07. The van der Waals surface area contributed by atoms with Crippen molar-refractivity contribution in [3.8, 4) is 0 Å². The third-order valence-electron chi connectivity index (χ3n) is 4.56. The maximum absolute atomic E-state index is 12.4. The van der Waals surface area contributed by atoms with Crippen molar-refractivity contribution in [2.75, 3.05) is 35.3 Å². The van der Waals surface area contributed by atoms with Crippen LogP contribution in [0.1, 0.15) is 26.7 Å². The number of nitrogens with one attached hydrogen (secondary N) is 1. The van der Waals surface area contributed by atoms with E-state index in [1.807, 2.05) is 0 Å². The van der Waals surface area contributed by atoms with Crippen molar-refractivity contribution in [1.29, 1.82) is 0 Å². The molecule has 1 fully saturated rings. The molecule has 1 heterocycles. The summed E-state index contributed by atoms with van der Waals surface area (Å²) in [5.74, 6) is -0.560. The first kappa shape index (κ1) is 20.9. The van der Waals surface area contributed by atoms with E-state index >= 15 is 0 Å². The zero-order valence-electron chi connectivity index (χ0n) is 15.8. The summed E-state index contributed by atoms with van der Waals surface area (Å²) in [6.07, 6.45) is 0.525. The number of amides is 3. The molecule has 0 saturated carbocycles. The Morgan fingerprint density at radius 2 is 1.93 bits per heavy atom. The van der Waals surface area contributed by atoms with Crippen LogP contribution < -0.4 is 10.2 Å². The third kappa shape index (κ3) is 5.78. The molecule has 1 aromatic rings. The van der Waals surface area contributed by atoms with Crippen molar-refractivity contribution in [2.24, 2.45) is 0 Å². The van der Waals surface area contributed by atoms with Crippen LogP contribution in [0, 0.1) is 0 Å². The molecule has 0 aliphatic carbocycles. The molecule has 0 radical (unpaired) electrons. The number of anilines is 2. The summed E-state index contributed by atoms with van der Waals surface area (Å²) in [5, 5.41) is 2.66. The summed E-state index contributed by atoms with van der Waals surface area (Å²) in [7, 11) is -1.47. The van der Waals surface area contributed by atoms with Crippen LogP contribution in [0.3, 0.4) is 0 Å². The lowest BCUT2D eigenvalue weighted by Crippen LogP contribution is -2.40. The zero-order chi connectivity index (χ0) is 20.2. The average molecular weight is 395 g/mol. The topological polar surface area (TPSA) is 104 Å². The molecule has 1 unspecified atom stereocenters. The number of carbonyl (C=O) groups excluding carboxylic acids is 3. The maximum atomic E-state index is 12.4. The van der Waals surface area contributed by atoms with Gasteiger partial charge in [-0.05, 0) is 24.6 Å². The lowest BCUT2D eigenvalue weighted by Gasteiger charge is -2.26. The van der Waals surface area contributed by atoms with Crippen LogP contribution in [-0.4, -0.2) is 62.2 Å². The van der Waals surface area contributed by atoms with E-state index in [9.17, 15) is 22.8 Å². The number of carbonyl (C=O) groups is 3. The van der Waals surface area contributed by atoms with Gasteiger partial charge in [0, 0.05) is 51.3 Å². The molecule has 0 bridgehead atoms. The van der Waals surface area contributed by atoms with E-state index in [4.69, 9.17) is 0 Å². The van der Waals surface area contributed by atoms with Crippen molar-refractivity contribution >= 4 is 38.9 Å². The van der Waals surface area contributed by atoms with Gasteiger partial charge < -0.3 is 15.1 Å². The second-order valence-electron chi connectivity index (χ2n) is 6.71. The summed E-state index contributed by atoms with van der Waals surface area (Å²) in [6, 6.07) is 6.51. The van der Waals surface area contributed by atoms with Crippen molar-refractivity contribution in [1.82, 2.24) is 4.90 Å². The lowest BCUT2D eigenvalue weighted by atomic mass is 10.2. The highest BCUT2D eigenvalue weighted by atomic mass is 32.2. The van der Waals surface area contributed by atoms with Gasteiger partial charge in [-0.15, -0.1) is 0 Å². The zero-order valence-corrected chi connectivity index (χ0v) is 16.6. The van der Waals surface area contributed by atoms with Gasteiger partial charge in [0.25, 0.3) is 0 Å². The number of benzene rings is 1. The van der Waals surface area contributed by atoms with Crippen molar-refractivity contribution < 1.29 is 22.8 Å². The second kappa shape index (κ2) is 8.51. The highest BCUT2D eigenvalue weighted by molar-refractivity contribution is 7.91. The van der Waals surface area contributed by atoms with Gasteiger partial charge in [-0.25, -0.2) is 8.42 Å². The van der Waals surface area contributed by atoms with E-state index in [2.05, 4.69) is 5.32 Å². The van der Waals surface area contributed by atoms with Gasteiger partial charge >= 0.3 is 0 Å². The molecule has 2 rings (SSSR count). The molecule has 0 aromatic heterocycles. The fourth-order valence-corrected chi connectivity index (χ4v) is 4.87. The molecule has 1 aliphatic rings. The Kier molecular flexibility index (Phi) is 6.59. The molecule has 148 valence electrons. The van der Waals surface area contributed by atoms with Crippen LogP contribution in [0.25, 0.3) is 0 Å². The van der Waals surface area contributed by atoms with E-state index in [0.717, 1.165) is 0 Å². The van der Waals surface area contributed by atoms with Gasteiger partial charge in [-0.1, -0.05) is 6.07 Å². The number of sulfone groups is 1. The highest BCUT2D eigenvalue weighted by Gasteiger charge is 2.32. The van der Waals surface area contributed by atoms with Crippen LogP contribution in [0.2, 0.25) is 0 Å². The van der Waals surface area contributed by atoms with E-state index in [1.54, 1.807) is 31.3 Å². The first-order valence-corrected chi connectivity index (χ1v) is 10.5. The molecule has 1 aromatic carbocycles. The summed E-state index contributed by atoms with van der Waals surface area (Å²) in [6.45, 7) is 2.97. The first-order chi connectivity index (χ1) is 12.6. The van der Waals surface area contributed by atoms with Gasteiger partial charge in [-0.2, -0.15) is 0 Å². The Bertz CT molecular complexity index is 837. The van der Waals surface area contributed by atoms with Crippen molar-refractivity contribution in [2.45, 2.75) is 32.7 Å². The molecule has 8 nitrogen and oxygen atoms in total. The third-order valence-corrected chi connectivity index (χ3v) is 6.31. The quantitative estimate of drug-likeness (QED) is 0.775. The SMILES string of the molecule is CC(=O)Nc1cccc(N(CCC(=O)N(C)C2CCS(=O)(=O)C2)C(C)=O)c1. The van der Waals surface area contributed by atoms with Gasteiger partial charge in [0.05, 0.1) is 11.5 Å². The van der Waals surface area contributed by atoms with E-state index in [1.165, 1.54) is 23.6 Å². The summed E-state index contributed by atoms with van der Waals surface area (Å²) in [4.78, 5) is 38.6. The van der Waals surface area contributed by atoms with Gasteiger partial charge in [0.2, 0.25) is 17.7 Å². The van der Waals surface area contributed by atoms with Gasteiger partial charge in [0.1, 0.15) is 0 Å². The molecule has 27 heavy (non-hydrogen) atoms. The number of hydrogen-bond acceptors (Lipinski definition) is 5. The highest BCUT2D eigenvalue weighted by Crippen LogP contribution is 2.21. The molecule has 9 heteroatoms. The van der Waals surface area contributed by atoms with Gasteiger partial charge in [-0.3, -0.25) is 14.4 Å². The Morgan fingerprint density at radius 3 is 2.48 bits per heavy atom. The Labute approximate surface area is 159 Å². The minimum Gasteiger partial charge on any atom is -0.342 e. The molecule has 1 saturated heterocycles. The van der Waals surface area contributed by atoms with E-state index < -0.39 is 9.84 Å². The Morgan fingerprint density at radius 1 is 1.22 bits per heavy atom. The molecule has 1 N–H and O–H groups in total. The standard InChI is InChI=1S/C18H25N3O5S/c1-13(22)19-15-5-4-6-16(11-15)21(14(2)23)9-7-18(24)20(3)17-8-10-27(25,26)12-17/h4-6,11,17H,7-10,12H2,1-3H3,(H,19,22). The van der Waals surface area contributed by atoms with Gasteiger partial charge in [0.15, 0.2) is 9.84 Å². The van der Waals surface area contributed by atoms with Crippen LogP contribution in [0.15, 0.2) is 24.3 Å². The monoisotopic (exact) mass is 395 g/mol. The Balaban J connectivity index is 2.03. The number of nitrogens with zero attached hydrogens (tertiary/aromatic N) is 2. The van der Waals surface area contributed by atoms with Crippen LogP contribution in [-0.2, 0) is 24.2 Å². The summed E-state index contributed by atoms with van der Waals surface area (Å²) < 4.78 is 23.2. The molecule has 1 aliphatic heterocycles. The van der Waals surface area contributed by atoms with Crippen molar-refractivity contribution in [3.05, 3.63) is 24.3 Å². The van der Waals surface area contributed by atoms with Crippen LogP contribution in [0.4, 0.5) is 11.4 Å². The molecular formula is C18H25N3O5S. The smallest absolute Gasteiger partial charge is 0.224 e. The van der Waals surface area contributed by atoms with Crippen molar-refractivity contribution in [3.63, 3.8) is 0 Å². The number of hydrogen-bond donors (Lipinski definition) is 1. The first-order valence-electron chi connectivity index (χ1n) is 8.71. The predicted molar refractivity (Wildman–Crippen MR) is 103 cm³/mol. The fourth-order valence-electron chi connectivity index (χ4n) is 3.09. The Hall–Kier alpha value is -2.42. The lowest BCUT2D eigenvalue weighted by molar-refractivity contribution is -0.131. The second-order valence-corrected chi connectivity index (χ2v) is 8.94. The molecule has 3 amide bonds.